The highest BCUT2D eigenvalue weighted by Gasteiger charge is 2.16. The summed E-state index contributed by atoms with van der Waals surface area (Å²) in [6.07, 6.45) is 3.08. The van der Waals surface area contributed by atoms with Crippen molar-refractivity contribution in [3.05, 3.63) is 18.2 Å². The zero-order valence-corrected chi connectivity index (χ0v) is 12.6. The van der Waals surface area contributed by atoms with Crippen LogP contribution in [-0.2, 0) is 15.0 Å². The molecule has 0 aliphatic heterocycles. The van der Waals surface area contributed by atoms with E-state index in [4.69, 9.17) is 5.73 Å². The molecule has 0 atom stereocenters. The number of rotatable bonds is 4. The number of carbonyl (C=O) groups excluding carboxylic acids is 2. The Bertz CT molecular complexity index is 456. The number of nitrogens with zero attached hydrogens (tertiary/aromatic N) is 2. The minimum atomic E-state index is -0.380. The molecule has 1 aromatic rings. The van der Waals surface area contributed by atoms with Crippen LogP contribution in [0, 0.1) is 0 Å². The predicted molar refractivity (Wildman–Crippen MR) is 78.7 cm³/mol. The Hall–Kier alpha value is -1.73. The van der Waals surface area contributed by atoms with E-state index < -0.39 is 0 Å². The third kappa shape index (κ3) is 5.94. The van der Waals surface area contributed by atoms with Crippen LogP contribution < -0.4 is 16.4 Å². The molecule has 0 saturated carbocycles. The standard InChI is InChI=1S/C12H19N5O2.ClH/c1-12(2,3)11-15-5-8(6-16-11)17-10(19)7-14-9(18)4-13;/h5-6H,4,7,13H2,1-3H3,(H,14,18)(H,17,19);1H. The Morgan fingerprint density at radius 2 is 1.75 bits per heavy atom. The maximum absolute atomic E-state index is 11.5. The summed E-state index contributed by atoms with van der Waals surface area (Å²) >= 11 is 0. The molecule has 0 bridgehead atoms. The Balaban J connectivity index is 0.00000361. The lowest BCUT2D eigenvalue weighted by Crippen LogP contribution is -2.36. The van der Waals surface area contributed by atoms with Gasteiger partial charge in [0, 0.05) is 5.41 Å². The van der Waals surface area contributed by atoms with Gasteiger partial charge in [0.05, 0.1) is 31.2 Å². The molecule has 8 heteroatoms. The van der Waals surface area contributed by atoms with Crippen LogP contribution in [0.4, 0.5) is 5.69 Å². The second kappa shape index (κ2) is 7.76. The number of nitrogens with two attached hydrogens (primary N) is 1. The largest absolute Gasteiger partial charge is 0.346 e. The van der Waals surface area contributed by atoms with Crippen molar-refractivity contribution in [1.29, 1.82) is 0 Å². The molecule has 0 aliphatic rings. The second-order valence-corrected chi connectivity index (χ2v) is 5.07. The average molecular weight is 302 g/mol. The van der Waals surface area contributed by atoms with Crippen LogP contribution in [0.2, 0.25) is 0 Å². The number of halogens is 1. The minimum absolute atomic E-state index is 0. The van der Waals surface area contributed by atoms with Crippen molar-refractivity contribution in [3.63, 3.8) is 0 Å². The summed E-state index contributed by atoms with van der Waals surface area (Å²) in [4.78, 5) is 30.7. The lowest BCUT2D eigenvalue weighted by atomic mass is 9.96. The fourth-order valence-corrected chi connectivity index (χ4v) is 1.24. The monoisotopic (exact) mass is 301 g/mol. The van der Waals surface area contributed by atoms with Crippen LogP contribution in [0.15, 0.2) is 12.4 Å². The van der Waals surface area contributed by atoms with Crippen LogP contribution in [0.1, 0.15) is 26.6 Å². The molecule has 7 nitrogen and oxygen atoms in total. The summed E-state index contributed by atoms with van der Waals surface area (Å²) in [6, 6.07) is 0. The van der Waals surface area contributed by atoms with E-state index in [0.717, 1.165) is 0 Å². The molecule has 0 aliphatic carbocycles. The van der Waals surface area contributed by atoms with Gasteiger partial charge in [-0.3, -0.25) is 9.59 Å². The van der Waals surface area contributed by atoms with E-state index in [1.165, 1.54) is 12.4 Å². The lowest BCUT2D eigenvalue weighted by molar-refractivity contribution is -0.123. The molecule has 0 spiro atoms. The molecule has 1 heterocycles. The van der Waals surface area contributed by atoms with Crippen LogP contribution in [0.25, 0.3) is 0 Å². The fourth-order valence-electron chi connectivity index (χ4n) is 1.24. The van der Waals surface area contributed by atoms with Gasteiger partial charge >= 0.3 is 0 Å². The molecule has 4 N–H and O–H groups in total. The van der Waals surface area contributed by atoms with Gasteiger partial charge in [-0.25, -0.2) is 9.97 Å². The molecule has 0 saturated heterocycles. The summed E-state index contributed by atoms with van der Waals surface area (Å²) in [7, 11) is 0. The molecule has 112 valence electrons. The number of hydrogen-bond acceptors (Lipinski definition) is 5. The molecule has 1 rings (SSSR count). The molecule has 1 aromatic heterocycles. The van der Waals surface area contributed by atoms with E-state index in [2.05, 4.69) is 20.6 Å². The molecule has 0 fully saturated rings. The zero-order chi connectivity index (χ0) is 14.5. The van der Waals surface area contributed by atoms with Gasteiger partial charge in [-0.05, 0) is 0 Å². The van der Waals surface area contributed by atoms with Gasteiger partial charge in [-0.1, -0.05) is 20.8 Å². The molecule has 0 unspecified atom stereocenters. The highest BCUT2D eigenvalue weighted by Crippen LogP contribution is 2.17. The highest BCUT2D eigenvalue weighted by atomic mass is 35.5. The second-order valence-electron chi connectivity index (χ2n) is 5.07. The first-order chi connectivity index (χ1) is 8.82. The van der Waals surface area contributed by atoms with Gasteiger partial charge in [-0.2, -0.15) is 0 Å². The van der Waals surface area contributed by atoms with Crippen LogP contribution in [0.5, 0.6) is 0 Å². The van der Waals surface area contributed by atoms with Gasteiger partial charge in [0.25, 0.3) is 0 Å². The number of carbonyl (C=O) groups is 2. The van der Waals surface area contributed by atoms with Crippen molar-refractivity contribution in [2.45, 2.75) is 26.2 Å². The summed E-state index contributed by atoms with van der Waals surface area (Å²) in [5.74, 6) is -0.0367. The number of aromatic nitrogens is 2. The first kappa shape index (κ1) is 18.3. The van der Waals surface area contributed by atoms with Crippen molar-refractivity contribution < 1.29 is 9.59 Å². The minimum Gasteiger partial charge on any atom is -0.346 e. The molecule has 0 aromatic carbocycles. The lowest BCUT2D eigenvalue weighted by Gasteiger charge is -2.16. The maximum atomic E-state index is 11.5. The summed E-state index contributed by atoms with van der Waals surface area (Å²) in [6.45, 7) is 5.74. The summed E-state index contributed by atoms with van der Waals surface area (Å²) in [5, 5.41) is 4.95. The number of anilines is 1. The normalized spacial score (nSPS) is 10.4. The smallest absolute Gasteiger partial charge is 0.243 e. The molecule has 0 radical (unpaired) electrons. The van der Waals surface area contributed by atoms with Crippen molar-refractivity contribution in [2.24, 2.45) is 5.73 Å². The number of nitrogens with one attached hydrogen (secondary N) is 2. The van der Waals surface area contributed by atoms with Gasteiger partial charge in [0.1, 0.15) is 5.82 Å². The maximum Gasteiger partial charge on any atom is 0.243 e. The van der Waals surface area contributed by atoms with E-state index in [9.17, 15) is 9.59 Å². The van der Waals surface area contributed by atoms with Crippen molar-refractivity contribution in [2.75, 3.05) is 18.4 Å². The zero-order valence-electron chi connectivity index (χ0n) is 11.8. The van der Waals surface area contributed by atoms with Crippen molar-refractivity contribution in [3.8, 4) is 0 Å². The first-order valence-electron chi connectivity index (χ1n) is 5.92. The van der Waals surface area contributed by atoms with E-state index in [-0.39, 0.29) is 42.7 Å². The van der Waals surface area contributed by atoms with Crippen molar-refractivity contribution >= 4 is 29.9 Å². The SMILES string of the molecule is CC(C)(C)c1ncc(NC(=O)CNC(=O)CN)cn1.Cl. The third-order valence-corrected chi connectivity index (χ3v) is 2.24. The predicted octanol–water partition coefficient (Wildman–Crippen LogP) is 0.209. The molecule has 20 heavy (non-hydrogen) atoms. The Morgan fingerprint density at radius 3 is 2.20 bits per heavy atom. The third-order valence-electron chi connectivity index (χ3n) is 2.24. The van der Waals surface area contributed by atoms with Crippen LogP contribution >= 0.6 is 12.4 Å². The molecular formula is C12H20ClN5O2. The topological polar surface area (TPSA) is 110 Å². The van der Waals surface area contributed by atoms with E-state index in [1.54, 1.807) is 0 Å². The van der Waals surface area contributed by atoms with Crippen LogP contribution in [0.3, 0.4) is 0 Å². The molecule has 2 amide bonds. The quantitative estimate of drug-likeness (QED) is 0.736. The van der Waals surface area contributed by atoms with E-state index in [1.807, 2.05) is 20.8 Å². The van der Waals surface area contributed by atoms with Gasteiger partial charge in [-0.15, -0.1) is 12.4 Å². The van der Waals surface area contributed by atoms with E-state index in [0.29, 0.717) is 11.5 Å². The van der Waals surface area contributed by atoms with E-state index >= 15 is 0 Å². The summed E-state index contributed by atoms with van der Waals surface area (Å²) < 4.78 is 0. The fraction of sp³-hybridized carbons (Fsp3) is 0.500. The van der Waals surface area contributed by atoms with Gasteiger partial charge in [0.15, 0.2) is 0 Å². The van der Waals surface area contributed by atoms with Crippen molar-refractivity contribution in [1.82, 2.24) is 15.3 Å². The Kier molecular flexibility index (Phi) is 7.09. The van der Waals surface area contributed by atoms with Gasteiger partial charge in [0.2, 0.25) is 11.8 Å². The molecular weight excluding hydrogens is 282 g/mol. The average Bonchev–Trinajstić information content (AvgIpc) is 2.35. The first-order valence-corrected chi connectivity index (χ1v) is 5.92. The van der Waals surface area contributed by atoms with Gasteiger partial charge < -0.3 is 16.4 Å². The Morgan fingerprint density at radius 1 is 1.20 bits per heavy atom. The summed E-state index contributed by atoms with van der Waals surface area (Å²) in [5.41, 5.74) is 5.45. The number of amides is 2. The number of hydrogen-bond donors (Lipinski definition) is 3. The Labute approximate surface area is 124 Å². The van der Waals surface area contributed by atoms with Crippen LogP contribution in [-0.4, -0.2) is 34.9 Å². The highest BCUT2D eigenvalue weighted by molar-refractivity contribution is 5.94.